The Morgan fingerprint density at radius 2 is 1.60 bits per heavy atom. The zero-order valence-corrected chi connectivity index (χ0v) is 23.6. The number of hydrogen-bond donors (Lipinski definition) is 0. The van der Waals surface area contributed by atoms with E-state index in [4.69, 9.17) is 18.7 Å². The second kappa shape index (κ2) is 13.6. The van der Waals surface area contributed by atoms with Crippen LogP contribution in [-0.4, -0.2) is 23.8 Å². The Labute approximate surface area is 235 Å². The van der Waals surface area contributed by atoms with E-state index in [1.54, 1.807) is 0 Å². The molecule has 7 nitrogen and oxygen atoms in total. The van der Waals surface area contributed by atoms with Crippen molar-refractivity contribution in [2.75, 3.05) is 7.11 Å². The number of rotatable bonds is 13. The van der Waals surface area contributed by atoms with Gasteiger partial charge in [0.1, 0.15) is 30.4 Å². The second-order valence-corrected chi connectivity index (χ2v) is 10.2. The third-order valence-corrected chi connectivity index (χ3v) is 6.68. The molecule has 1 heterocycles. The fourth-order valence-corrected chi connectivity index (χ4v) is 4.23. The summed E-state index contributed by atoms with van der Waals surface area (Å²) < 4.78 is 16.7. The average Bonchev–Trinajstić information content (AvgIpc) is 3.36. The minimum absolute atomic E-state index is 0.206. The summed E-state index contributed by atoms with van der Waals surface area (Å²) in [7, 11) is 1.42. The number of hydrogen-bond acceptors (Lipinski definition) is 7. The molecule has 0 unspecified atom stereocenters. The molecule has 3 aromatic carbocycles. The number of carbonyl (C=O) groups excluding carboxylic acids is 1. The summed E-state index contributed by atoms with van der Waals surface area (Å²) in [4.78, 5) is 22.4. The molecule has 0 radical (unpaired) electrons. The van der Waals surface area contributed by atoms with Gasteiger partial charge in [-0.25, -0.2) is 4.98 Å². The van der Waals surface area contributed by atoms with Crippen molar-refractivity contribution in [1.82, 2.24) is 4.98 Å². The molecular formula is C33H36N2O5. The summed E-state index contributed by atoms with van der Waals surface area (Å²) >= 11 is 0. The van der Waals surface area contributed by atoms with Crippen LogP contribution in [0.5, 0.6) is 5.75 Å². The van der Waals surface area contributed by atoms with Crippen molar-refractivity contribution in [3.8, 4) is 17.2 Å². The van der Waals surface area contributed by atoms with E-state index in [2.05, 4.69) is 10.1 Å². The highest BCUT2D eigenvalue weighted by atomic mass is 16.6. The lowest BCUT2D eigenvalue weighted by atomic mass is 9.86. The highest BCUT2D eigenvalue weighted by Gasteiger charge is 2.28. The first-order valence-electron chi connectivity index (χ1n) is 13.4. The van der Waals surface area contributed by atoms with Gasteiger partial charge in [-0.15, -0.1) is 0 Å². The van der Waals surface area contributed by atoms with Crippen LogP contribution in [-0.2, 0) is 27.6 Å². The monoisotopic (exact) mass is 540 g/mol. The number of oxazole rings is 1. The maximum absolute atomic E-state index is 12.0. The van der Waals surface area contributed by atoms with Crippen molar-refractivity contribution in [3.05, 3.63) is 108 Å². The first kappa shape index (κ1) is 28.6. The quantitative estimate of drug-likeness (QED) is 0.0991. The molecule has 0 aliphatic heterocycles. The average molecular weight is 541 g/mol. The molecule has 0 aliphatic rings. The number of ether oxygens (including phenoxy) is 2. The van der Waals surface area contributed by atoms with Crippen LogP contribution in [0.2, 0.25) is 0 Å². The number of carbonyl (C=O) groups is 1. The third kappa shape index (κ3) is 7.82. The molecule has 0 atom stereocenters. The summed E-state index contributed by atoms with van der Waals surface area (Å²) in [6, 6.07) is 27.5. The summed E-state index contributed by atoms with van der Waals surface area (Å²) in [6.07, 6.45) is 2.15. The lowest BCUT2D eigenvalue weighted by Crippen LogP contribution is -2.25. The first-order chi connectivity index (χ1) is 19.4. The van der Waals surface area contributed by atoms with Crippen LogP contribution >= 0.6 is 0 Å². The Hall–Kier alpha value is -4.39. The molecule has 0 N–H and O–H groups in total. The van der Waals surface area contributed by atoms with Crippen molar-refractivity contribution >= 4 is 11.7 Å². The minimum atomic E-state index is -0.544. The number of oxime groups is 1. The van der Waals surface area contributed by atoms with Gasteiger partial charge in [-0.1, -0.05) is 65.8 Å². The minimum Gasteiger partial charge on any atom is -0.487 e. The van der Waals surface area contributed by atoms with E-state index in [9.17, 15) is 4.79 Å². The maximum Gasteiger partial charge on any atom is 0.311 e. The van der Waals surface area contributed by atoms with E-state index >= 15 is 0 Å². The van der Waals surface area contributed by atoms with Crippen molar-refractivity contribution in [2.45, 2.75) is 53.2 Å². The summed E-state index contributed by atoms with van der Waals surface area (Å²) in [5, 5.41) is 4.46. The molecule has 0 saturated carbocycles. The number of aromatic nitrogens is 1. The summed E-state index contributed by atoms with van der Waals surface area (Å²) in [6.45, 7) is 6.33. The fourth-order valence-electron chi connectivity index (χ4n) is 4.23. The Morgan fingerprint density at radius 3 is 2.27 bits per heavy atom. The van der Waals surface area contributed by atoms with Gasteiger partial charge in [-0.05, 0) is 75.4 Å². The predicted molar refractivity (Wildman–Crippen MR) is 155 cm³/mol. The fraction of sp³-hybridized carbons (Fsp3) is 0.303. The van der Waals surface area contributed by atoms with Gasteiger partial charge in [0.15, 0.2) is 0 Å². The van der Waals surface area contributed by atoms with Crippen molar-refractivity contribution < 1.29 is 23.5 Å². The topological polar surface area (TPSA) is 83.2 Å². The molecule has 0 aliphatic carbocycles. The van der Waals surface area contributed by atoms with Crippen LogP contribution in [0.4, 0.5) is 0 Å². The molecule has 7 heteroatoms. The van der Waals surface area contributed by atoms with Crippen LogP contribution in [0, 0.1) is 12.3 Å². The Bertz CT molecular complexity index is 1390. The van der Waals surface area contributed by atoms with E-state index in [1.807, 2.05) is 106 Å². The van der Waals surface area contributed by atoms with Gasteiger partial charge < -0.3 is 18.7 Å². The number of nitrogens with zero attached hydrogens (tertiary/aromatic N) is 2. The molecule has 0 fully saturated rings. The van der Waals surface area contributed by atoms with Gasteiger partial charge in [0.05, 0.1) is 18.2 Å². The van der Waals surface area contributed by atoms with Crippen LogP contribution in [0.15, 0.2) is 94.5 Å². The normalized spacial score (nSPS) is 11.8. The van der Waals surface area contributed by atoms with E-state index in [0.29, 0.717) is 31.9 Å². The Kier molecular flexibility index (Phi) is 9.73. The molecule has 208 valence electrons. The standard InChI is InChI=1S/C33H36N2O5/c1-24-30(34-31(40-24)27-14-9-6-10-15-27)23-38-28-19-17-25(18-20-28)22-39-35-29(26-12-7-5-8-13-26)16-11-21-33(2,3)32(36)37-4/h5-10,12-15,17-20H,11,16,21-23H2,1-4H3/b35-29-. The maximum atomic E-state index is 12.0. The molecule has 0 spiro atoms. The van der Waals surface area contributed by atoms with Crippen LogP contribution in [0.1, 0.15) is 55.7 Å². The van der Waals surface area contributed by atoms with Gasteiger partial charge in [0.25, 0.3) is 0 Å². The van der Waals surface area contributed by atoms with E-state index < -0.39 is 5.41 Å². The van der Waals surface area contributed by atoms with E-state index in [-0.39, 0.29) is 5.97 Å². The zero-order chi connectivity index (χ0) is 28.4. The number of methoxy groups -OCH3 is 1. The lowest BCUT2D eigenvalue weighted by Gasteiger charge is -2.21. The second-order valence-electron chi connectivity index (χ2n) is 10.2. The predicted octanol–water partition coefficient (Wildman–Crippen LogP) is 7.52. The van der Waals surface area contributed by atoms with Crippen LogP contribution in [0.25, 0.3) is 11.5 Å². The van der Waals surface area contributed by atoms with Gasteiger partial charge in [0, 0.05) is 5.56 Å². The van der Waals surface area contributed by atoms with Gasteiger partial charge in [0.2, 0.25) is 5.89 Å². The molecule has 4 aromatic rings. The molecule has 4 rings (SSSR count). The molecular weight excluding hydrogens is 504 g/mol. The SMILES string of the molecule is COC(=O)C(C)(C)CCC/C(=N/OCc1ccc(OCc2nc(-c3ccccc3)oc2C)cc1)c1ccccc1. The number of benzene rings is 3. The Morgan fingerprint density at radius 1 is 0.925 bits per heavy atom. The number of aryl methyl sites for hydroxylation is 1. The summed E-state index contributed by atoms with van der Waals surface area (Å²) in [5.74, 6) is 1.85. The molecule has 0 saturated heterocycles. The Balaban J connectivity index is 1.32. The molecule has 40 heavy (non-hydrogen) atoms. The van der Waals surface area contributed by atoms with Gasteiger partial charge in [-0.2, -0.15) is 0 Å². The summed E-state index contributed by atoms with van der Waals surface area (Å²) in [5.41, 5.74) is 3.98. The highest BCUT2D eigenvalue weighted by Crippen LogP contribution is 2.26. The van der Waals surface area contributed by atoms with E-state index in [0.717, 1.165) is 46.0 Å². The smallest absolute Gasteiger partial charge is 0.311 e. The third-order valence-electron chi connectivity index (χ3n) is 6.68. The van der Waals surface area contributed by atoms with Crippen molar-refractivity contribution in [3.63, 3.8) is 0 Å². The van der Waals surface area contributed by atoms with Gasteiger partial charge >= 0.3 is 5.97 Å². The number of esters is 1. The lowest BCUT2D eigenvalue weighted by molar-refractivity contribution is -0.151. The largest absolute Gasteiger partial charge is 0.487 e. The highest BCUT2D eigenvalue weighted by molar-refractivity contribution is 6.00. The van der Waals surface area contributed by atoms with Crippen LogP contribution < -0.4 is 4.74 Å². The molecule has 0 amide bonds. The van der Waals surface area contributed by atoms with Crippen LogP contribution in [0.3, 0.4) is 0 Å². The molecule has 0 bridgehead atoms. The van der Waals surface area contributed by atoms with Crippen molar-refractivity contribution in [2.24, 2.45) is 10.6 Å². The van der Waals surface area contributed by atoms with Crippen molar-refractivity contribution in [1.29, 1.82) is 0 Å². The zero-order valence-electron chi connectivity index (χ0n) is 23.6. The first-order valence-corrected chi connectivity index (χ1v) is 13.4. The van der Waals surface area contributed by atoms with E-state index in [1.165, 1.54) is 7.11 Å². The van der Waals surface area contributed by atoms with Gasteiger partial charge in [-0.3, -0.25) is 4.79 Å². The molecule has 1 aromatic heterocycles.